The molecule has 1 heterocycles. The number of nitrogens with zero attached hydrogens (tertiary/aromatic N) is 2. The van der Waals surface area contributed by atoms with E-state index in [9.17, 15) is 18.0 Å². The van der Waals surface area contributed by atoms with E-state index in [0.717, 1.165) is 5.69 Å². The molecule has 3 rings (SSSR count). The van der Waals surface area contributed by atoms with Crippen molar-refractivity contribution in [2.45, 2.75) is 39.5 Å². The van der Waals surface area contributed by atoms with Crippen LogP contribution in [0.4, 0.5) is 5.69 Å². The van der Waals surface area contributed by atoms with Gasteiger partial charge in [-0.05, 0) is 62.7 Å². The van der Waals surface area contributed by atoms with Gasteiger partial charge in [0.2, 0.25) is 10.0 Å². The van der Waals surface area contributed by atoms with Crippen LogP contribution in [0.2, 0.25) is 5.02 Å². The predicted octanol–water partition coefficient (Wildman–Crippen LogP) is 4.89. The number of amides is 1. The van der Waals surface area contributed by atoms with Crippen LogP contribution in [0.3, 0.4) is 0 Å². The monoisotopic (exact) mass is 561 g/mol. The molecule has 0 radical (unpaired) electrons. The molecule has 0 fully saturated rings. The number of hydrogen-bond acceptors (Lipinski definition) is 6. The highest BCUT2D eigenvalue weighted by molar-refractivity contribution is 7.89. The Morgan fingerprint density at radius 2 is 1.71 bits per heavy atom. The highest BCUT2D eigenvalue weighted by atomic mass is 35.5. The van der Waals surface area contributed by atoms with E-state index in [0.29, 0.717) is 46.4 Å². The van der Waals surface area contributed by atoms with Gasteiger partial charge in [0.05, 0.1) is 23.3 Å². The van der Waals surface area contributed by atoms with E-state index in [1.54, 1.807) is 71.2 Å². The first kappa shape index (κ1) is 29.2. The number of esters is 1. The van der Waals surface area contributed by atoms with E-state index in [1.807, 2.05) is 11.5 Å². The highest BCUT2D eigenvalue weighted by Crippen LogP contribution is 2.31. The molecule has 3 aromatic rings. The molecule has 1 aromatic heterocycles. The average Bonchev–Trinajstić information content (AvgIpc) is 3.17. The Morgan fingerprint density at radius 3 is 2.34 bits per heavy atom. The molecule has 0 saturated heterocycles. The predicted molar refractivity (Wildman–Crippen MR) is 147 cm³/mol. The zero-order valence-electron chi connectivity index (χ0n) is 22.3. The summed E-state index contributed by atoms with van der Waals surface area (Å²) >= 11 is 6.18. The standard InChI is InChI=1S/C27H32ClN3O6S/c1-7-30(8-2)38(34,35)25-15-21(11-9-17(25)3)29-26(32)16-37-27(33)22-13-18(4)31(19(22)5)23-14-20(28)10-12-24(23)36-6/h9-15H,7-8,16H2,1-6H3,(H,29,32). The van der Waals surface area contributed by atoms with Crippen LogP contribution < -0.4 is 10.1 Å². The van der Waals surface area contributed by atoms with Gasteiger partial charge < -0.3 is 19.4 Å². The van der Waals surface area contributed by atoms with Crippen LogP contribution in [0.25, 0.3) is 5.69 Å². The van der Waals surface area contributed by atoms with E-state index < -0.39 is 28.5 Å². The van der Waals surface area contributed by atoms with Crippen LogP contribution in [-0.4, -0.2) is 56.0 Å². The van der Waals surface area contributed by atoms with Gasteiger partial charge in [-0.15, -0.1) is 0 Å². The summed E-state index contributed by atoms with van der Waals surface area (Å²) in [6, 6.07) is 11.5. The number of benzene rings is 2. The fourth-order valence-corrected chi connectivity index (χ4v) is 6.12. The number of hydrogen-bond donors (Lipinski definition) is 1. The van der Waals surface area contributed by atoms with E-state index in [2.05, 4.69) is 5.32 Å². The molecule has 9 nitrogen and oxygen atoms in total. The zero-order chi connectivity index (χ0) is 28.2. The number of rotatable bonds is 10. The number of aromatic nitrogens is 1. The van der Waals surface area contributed by atoms with Crippen molar-refractivity contribution in [3.8, 4) is 11.4 Å². The molecule has 0 aliphatic carbocycles. The number of aryl methyl sites for hydroxylation is 2. The van der Waals surface area contributed by atoms with E-state index in [4.69, 9.17) is 21.1 Å². The van der Waals surface area contributed by atoms with E-state index in [-0.39, 0.29) is 10.6 Å². The van der Waals surface area contributed by atoms with Crippen LogP contribution in [-0.2, 0) is 19.6 Å². The SMILES string of the molecule is CCN(CC)S(=O)(=O)c1cc(NC(=O)COC(=O)c2cc(C)n(-c3cc(Cl)ccc3OC)c2C)ccc1C. The molecule has 11 heteroatoms. The number of nitrogens with one attached hydrogen (secondary N) is 1. The van der Waals surface area contributed by atoms with Crippen molar-refractivity contribution in [3.05, 3.63) is 70.0 Å². The summed E-state index contributed by atoms with van der Waals surface area (Å²) in [4.78, 5) is 25.5. The Bertz CT molecular complexity index is 1460. The third-order valence-corrected chi connectivity index (χ3v) is 8.59. The first-order valence-corrected chi connectivity index (χ1v) is 13.9. The Labute approximate surface area is 228 Å². The Morgan fingerprint density at radius 1 is 1.03 bits per heavy atom. The first-order valence-electron chi connectivity index (χ1n) is 12.0. The minimum Gasteiger partial charge on any atom is -0.495 e. The number of sulfonamides is 1. The first-order chi connectivity index (χ1) is 17.9. The smallest absolute Gasteiger partial charge is 0.340 e. The van der Waals surface area contributed by atoms with Crippen LogP contribution >= 0.6 is 11.6 Å². The maximum atomic E-state index is 13.0. The van der Waals surface area contributed by atoms with Crippen molar-refractivity contribution in [2.24, 2.45) is 0 Å². The lowest BCUT2D eigenvalue weighted by Gasteiger charge is -2.20. The molecule has 0 spiro atoms. The largest absolute Gasteiger partial charge is 0.495 e. The molecule has 0 aliphatic heterocycles. The summed E-state index contributed by atoms with van der Waals surface area (Å²) in [6.07, 6.45) is 0. The van der Waals surface area contributed by atoms with Gasteiger partial charge in [-0.25, -0.2) is 13.2 Å². The summed E-state index contributed by atoms with van der Waals surface area (Å²) in [5.41, 5.74) is 3.16. The third kappa shape index (κ3) is 6.03. The van der Waals surface area contributed by atoms with Crippen molar-refractivity contribution in [3.63, 3.8) is 0 Å². The van der Waals surface area contributed by atoms with Gasteiger partial charge in [0.15, 0.2) is 6.61 Å². The second-order valence-electron chi connectivity index (χ2n) is 8.63. The lowest BCUT2D eigenvalue weighted by Crippen LogP contribution is -2.31. The number of halogens is 1. The second-order valence-corrected chi connectivity index (χ2v) is 11.0. The molecule has 0 aliphatic rings. The molecule has 2 aromatic carbocycles. The van der Waals surface area contributed by atoms with Crippen molar-refractivity contribution in [1.82, 2.24) is 8.87 Å². The van der Waals surface area contributed by atoms with Gasteiger partial charge in [0.1, 0.15) is 5.75 Å². The molecule has 0 atom stereocenters. The Balaban J connectivity index is 1.75. The maximum Gasteiger partial charge on any atom is 0.340 e. The molecule has 1 amide bonds. The lowest BCUT2D eigenvalue weighted by molar-refractivity contribution is -0.119. The third-order valence-electron chi connectivity index (χ3n) is 6.16. The number of methoxy groups -OCH3 is 1. The van der Waals surface area contributed by atoms with Gasteiger partial charge in [-0.3, -0.25) is 4.79 Å². The van der Waals surface area contributed by atoms with Crippen LogP contribution in [0, 0.1) is 20.8 Å². The molecule has 0 unspecified atom stereocenters. The highest BCUT2D eigenvalue weighted by Gasteiger charge is 2.25. The normalized spacial score (nSPS) is 11.5. The summed E-state index contributed by atoms with van der Waals surface area (Å²) in [5.74, 6) is -0.691. The van der Waals surface area contributed by atoms with Crippen LogP contribution in [0.1, 0.15) is 41.2 Å². The number of ether oxygens (including phenoxy) is 2. The van der Waals surface area contributed by atoms with Crippen molar-refractivity contribution >= 4 is 39.2 Å². The van der Waals surface area contributed by atoms with Crippen molar-refractivity contribution < 1.29 is 27.5 Å². The minimum atomic E-state index is -3.71. The molecule has 38 heavy (non-hydrogen) atoms. The van der Waals surface area contributed by atoms with Gasteiger partial charge in [-0.1, -0.05) is 31.5 Å². The number of carbonyl (C=O) groups is 2. The van der Waals surface area contributed by atoms with Gasteiger partial charge in [0.25, 0.3) is 5.91 Å². The van der Waals surface area contributed by atoms with Gasteiger partial charge in [0, 0.05) is 35.2 Å². The molecule has 1 N–H and O–H groups in total. The molecule has 0 saturated carbocycles. The summed E-state index contributed by atoms with van der Waals surface area (Å²) in [6.45, 7) is 8.92. The Kier molecular flexibility index (Phi) is 9.24. The van der Waals surface area contributed by atoms with Gasteiger partial charge >= 0.3 is 5.97 Å². The summed E-state index contributed by atoms with van der Waals surface area (Å²) < 4.78 is 39.8. The maximum absolute atomic E-state index is 13.0. The topological polar surface area (TPSA) is 107 Å². The van der Waals surface area contributed by atoms with Crippen LogP contribution in [0.15, 0.2) is 47.4 Å². The van der Waals surface area contributed by atoms with Crippen LogP contribution in [0.5, 0.6) is 5.75 Å². The fraction of sp³-hybridized carbons (Fsp3) is 0.333. The number of carbonyl (C=O) groups excluding carboxylic acids is 2. The molecular weight excluding hydrogens is 530 g/mol. The summed E-state index contributed by atoms with van der Waals surface area (Å²) in [7, 11) is -2.17. The number of anilines is 1. The quantitative estimate of drug-likeness (QED) is 0.353. The fourth-order valence-electron chi connectivity index (χ4n) is 4.24. The lowest BCUT2D eigenvalue weighted by atomic mass is 10.2. The average molecular weight is 562 g/mol. The Hall–Kier alpha value is -3.34. The summed E-state index contributed by atoms with van der Waals surface area (Å²) in [5, 5.41) is 3.12. The zero-order valence-corrected chi connectivity index (χ0v) is 23.9. The molecular formula is C27H32ClN3O6S. The van der Waals surface area contributed by atoms with Crippen molar-refractivity contribution in [1.29, 1.82) is 0 Å². The van der Waals surface area contributed by atoms with Crippen molar-refractivity contribution in [2.75, 3.05) is 32.1 Å². The van der Waals surface area contributed by atoms with E-state index >= 15 is 0 Å². The molecule has 0 bridgehead atoms. The molecule has 204 valence electrons. The van der Waals surface area contributed by atoms with E-state index in [1.165, 1.54) is 10.4 Å². The second kappa shape index (κ2) is 12.0. The van der Waals surface area contributed by atoms with Gasteiger partial charge in [-0.2, -0.15) is 4.31 Å². The minimum absolute atomic E-state index is 0.111.